The first-order valence-corrected chi connectivity index (χ1v) is 7.19. The normalized spacial score (nSPS) is 13.4. The van der Waals surface area contributed by atoms with E-state index in [1.807, 2.05) is 6.92 Å². The van der Waals surface area contributed by atoms with Gasteiger partial charge < -0.3 is 9.47 Å². The van der Waals surface area contributed by atoms with E-state index in [4.69, 9.17) is 16.6 Å². The molecule has 2 aromatic rings. The van der Waals surface area contributed by atoms with Gasteiger partial charge in [0.25, 0.3) is 0 Å². The van der Waals surface area contributed by atoms with Gasteiger partial charge in [0.2, 0.25) is 0 Å². The number of alkyl halides is 1. The zero-order chi connectivity index (χ0) is 14.0. The quantitative estimate of drug-likeness (QED) is 0.780. The van der Waals surface area contributed by atoms with Crippen LogP contribution < -0.4 is 0 Å². The smallest absolute Gasteiger partial charge is 0.127 e. The molecule has 0 bridgehead atoms. The van der Waals surface area contributed by atoms with Crippen molar-refractivity contribution in [3.05, 3.63) is 29.6 Å². The van der Waals surface area contributed by atoms with E-state index in [-0.39, 0.29) is 5.38 Å². The third-order valence-corrected chi connectivity index (χ3v) is 3.55. The minimum atomic E-state index is -0.0637. The van der Waals surface area contributed by atoms with Crippen LogP contribution in [-0.4, -0.2) is 35.1 Å². The summed E-state index contributed by atoms with van der Waals surface area (Å²) in [6.45, 7) is 6.12. The van der Waals surface area contributed by atoms with Crippen LogP contribution in [0.15, 0.2) is 18.2 Å². The number of aromatic nitrogens is 2. The maximum atomic E-state index is 6.28. The van der Waals surface area contributed by atoms with E-state index in [1.54, 1.807) is 0 Å². The summed E-state index contributed by atoms with van der Waals surface area (Å²) in [7, 11) is 4.20. The molecule has 104 valence electrons. The van der Waals surface area contributed by atoms with Crippen LogP contribution in [0.3, 0.4) is 0 Å². The van der Waals surface area contributed by atoms with Crippen LogP contribution in [0.2, 0.25) is 0 Å². The SMILES string of the molecule is Cc1cccc2c1nc(C(C)Cl)n2CCCN(C)C. The van der Waals surface area contributed by atoms with Gasteiger partial charge in [-0.25, -0.2) is 4.98 Å². The van der Waals surface area contributed by atoms with E-state index in [9.17, 15) is 0 Å². The second kappa shape index (κ2) is 5.93. The molecule has 1 atom stereocenters. The maximum absolute atomic E-state index is 6.28. The number of halogens is 1. The summed E-state index contributed by atoms with van der Waals surface area (Å²) in [5.41, 5.74) is 3.48. The van der Waals surface area contributed by atoms with Crippen molar-refractivity contribution in [2.45, 2.75) is 32.2 Å². The number of benzene rings is 1. The standard InChI is InChI=1S/C15H22ClN3/c1-11-7-5-8-13-14(11)17-15(12(2)16)19(13)10-6-9-18(3)4/h5,7-8,12H,6,9-10H2,1-4H3. The summed E-state index contributed by atoms with van der Waals surface area (Å²) < 4.78 is 2.27. The molecular weight excluding hydrogens is 258 g/mol. The van der Waals surface area contributed by atoms with Gasteiger partial charge in [-0.05, 0) is 52.5 Å². The van der Waals surface area contributed by atoms with Gasteiger partial charge in [0, 0.05) is 6.54 Å². The van der Waals surface area contributed by atoms with Gasteiger partial charge in [0.15, 0.2) is 0 Å². The van der Waals surface area contributed by atoms with Crippen molar-refractivity contribution in [1.29, 1.82) is 0 Å². The molecule has 0 amide bonds. The first-order valence-electron chi connectivity index (χ1n) is 6.75. The number of aryl methyl sites for hydroxylation is 2. The highest BCUT2D eigenvalue weighted by atomic mass is 35.5. The van der Waals surface area contributed by atoms with Gasteiger partial charge in [-0.15, -0.1) is 11.6 Å². The molecule has 0 N–H and O–H groups in total. The van der Waals surface area contributed by atoms with Gasteiger partial charge >= 0.3 is 0 Å². The molecule has 1 unspecified atom stereocenters. The Balaban J connectivity index is 2.38. The molecule has 0 saturated carbocycles. The Kier molecular flexibility index (Phi) is 4.48. The predicted molar refractivity (Wildman–Crippen MR) is 81.9 cm³/mol. The molecule has 0 saturated heterocycles. The first kappa shape index (κ1) is 14.4. The number of hydrogen-bond acceptors (Lipinski definition) is 2. The minimum absolute atomic E-state index is 0.0637. The Hall–Kier alpha value is -1.06. The summed E-state index contributed by atoms with van der Waals surface area (Å²) >= 11 is 6.28. The highest BCUT2D eigenvalue weighted by molar-refractivity contribution is 6.20. The highest BCUT2D eigenvalue weighted by Gasteiger charge is 2.15. The maximum Gasteiger partial charge on any atom is 0.127 e. The van der Waals surface area contributed by atoms with Gasteiger partial charge in [-0.3, -0.25) is 0 Å². The van der Waals surface area contributed by atoms with E-state index in [0.29, 0.717) is 0 Å². The molecule has 1 heterocycles. The minimum Gasteiger partial charge on any atom is -0.327 e. The van der Waals surface area contributed by atoms with Gasteiger partial charge in [0.05, 0.1) is 16.4 Å². The lowest BCUT2D eigenvalue weighted by Crippen LogP contribution is -2.16. The zero-order valence-electron chi connectivity index (χ0n) is 12.2. The summed E-state index contributed by atoms with van der Waals surface area (Å²) in [6.07, 6.45) is 1.10. The fourth-order valence-electron chi connectivity index (χ4n) is 2.39. The highest BCUT2D eigenvalue weighted by Crippen LogP contribution is 2.26. The zero-order valence-corrected chi connectivity index (χ0v) is 12.9. The van der Waals surface area contributed by atoms with Crippen molar-refractivity contribution in [2.24, 2.45) is 0 Å². The first-order chi connectivity index (χ1) is 9.00. The molecular formula is C15H22ClN3. The molecule has 3 nitrogen and oxygen atoms in total. The molecule has 0 aliphatic heterocycles. The Morgan fingerprint density at radius 3 is 2.74 bits per heavy atom. The van der Waals surface area contributed by atoms with Crippen molar-refractivity contribution in [1.82, 2.24) is 14.5 Å². The average Bonchev–Trinajstić information content (AvgIpc) is 2.70. The number of fused-ring (bicyclic) bond motifs is 1. The number of rotatable bonds is 5. The predicted octanol–water partition coefficient (Wildman–Crippen LogP) is 3.60. The molecule has 1 aromatic carbocycles. The number of nitrogens with zero attached hydrogens (tertiary/aromatic N) is 3. The molecule has 0 aliphatic carbocycles. The summed E-state index contributed by atoms with van der Waals surface area (Å²) in [5, 5.41) is -0.0637. The van der Waals surface area contributed by atoms with Crippen molar-refractivity contribution in [2.75, 3.05) is 20.6 Å². The van der Waals surface area contributed by atoms with Crippen molar-refractivity contribution < 1.29 is 0 Å². The van der Waals surface area contributed by atoms with Crippen LogP contribution in [-0.2, 0) is 6.54 Å². The third kappa shape index (κ3) is 3.10. The molecule has 0 radical (unpaired) electrons. The van der Waals surface area contributed by atoms with Crippen molar-refractivity contribution in [3.63, 3.8) is 0 Å². The second-order valence-corrected chi connectivity index (χ2v) is 5.99. The molecule has 4 heteroatoms. The number of imidazole rings is 1. The van der Waals surface area contributed by atoms with Crippen LogP contribution in [0.5, 0.6) is 0 Å². The van der Waals surface area contributed by atoms with E-state index >= 15 is 0 Å². The van der Waals surface area contributed by atoms with Gasteiger partial charge in [-0.2, -0.15) is 0 Å². The van der Waals surface area contributed by atoms with Crippen LogP contribution >= 0.6 is 11.6 Å². The lowest BCUT2D eigenvalue weighted by Gasteiger charge is -2.13. The molecule has 2 rings (SSSR count). The summed E-state index contributed by atoms with van der Waals surface area (Å²) in [6, 6.07) is 6.32. The van der Waals surface area contributed by atoms with E-state index in [0.717, 1.165) is 30.9 Å². The lowest BCUT2D eigenvalue weighted by atomic mass is 10.2. The lowest BCUT2D eigenvalue weighted by molar-refractivity contribution is 0.386. The van der Waals surface area contributed by atoms with Crippen LogP contribution in [0.25, 0.3) is 11.0 Å². The van der Waals surface area contributed by atoms with Crippen LogP contribution in [0.1, 0.15) is 30.1 Å². The van der Waals surface area contributed by atoms with E-state index in [1.165, 1.54) is 11.1 Å². The molecule has 1 aromatic heterocycles. The fraction of sp³-hybridized carbons (Fsp3) is 0.533. The fourth-order valence-corrected chi connectivity index (χ4v) is 2.56. The Morgan fingerprint density at radius 2 is 2.11 bits per heavy atom. The van der Waals surface area contributed by atoms with Gasteiger partial charge in [0.1, 0.15) is 5.82 Å². The molecule has 19 heavy (non-hydrogen) atoms. The number of hydrogen-bond donors (Lipinski definition) is 0. The Morgan fingerprint density at radius 1 is 1.37 bits per heavy atom. The van der Waals surface area contributed by atoms with Crippen molar-refractivity contribution in [3.8, 4) is 0 Å². The second-order valence-electron chi connectivity index (χ2n) is 5.34. The third-order valence-electron chi connectivity index (χ3n) is 3.35. The average molecular weight is 280 g/mol. The van der Waals surface area contributed by atoms with E-state index < -0.39 is 0 Å². The van der Waals surface area contributed by atoms with Crippen molar-refractivity contribution >= 4 is 22.6 Å². The molecule has 0 spiro atoms. The summed E-state index contributed by atoms with van der Waals surface area (Å²) in [5.74, 6) is 0.977. The summed E-state index contributed by atoms with van der Waals surface area (Å²) in [4.78, 5) is 6.93. The Labute approximate surface area is 120 Å². The van der Waals surface area contributed by atoms with Crippen LogP contribution in [0.4, 0.5) is 0 Å². The Bertz CT molecular complexity index is 558. The number of para-hydroxylation sites is 1. The van der Waals surface area contributed by atoms with Gasteiger partial charge in [-0.1, -0.05) is 12.1 Å². The largest absolute Gasteiger partial charge is 0.327 e. The molecule has 0 aliphatic rings. The van der Waals surface area contributed by atoms with Crippen LogP contribution in [0, 0.1) is 6.92 Å². The molecule has 0 fully saturated rings. The monoisotopic (exact) mass is 279 g/mol. The van der Waals surface area contributed by atoms with E-state index in [2.05, 4.69) is 48.7 Å². The topological polar surface area (TPSA) is 21.1 Å².